The number of carbonyl (C=O) groups is 2. The molecule has 0 saturated carbocycles. The number of nitrogen functional groups attached to an aromatic ring is 1. The monoisotopic (exact) mass is 973 g/mol. The Balaban J connectivity index is 0.000000197. The molecule has 71 heavy (non-hydrogen) atoms. The van der Waals surface area contributed by atoms with Crippen LogP contribution in [0.1, 0.15) is 60.4 Å². The number of nitrogens with two attached hydrogens (primary N) is 1. The maximum Gasteiger partial charge on any atom is 0.253 e. The molecule has 0 aliphatic rings. The highest BCUT2D eigenvalue weighted by Gasteiger charge is 2.15. The Kier molecular flexibility index (Phi) is 20.2. The molecule has 0 radical (unpaired) electrons. The van der Waals surface area contributed by atoms with Gasteiger partial charge in [-0.05, 0) is 131 Å². The van der Waals surface area contributed by atoms with Crippen molar-refractivity contribution in [2.75, 3.05) is 76.5 Å². The number of carbonyl (C=O) groups excluding carboxylic acids is 2. The van der Waals surface area contributed by atoms with E-state index in [0.717, 1.165) is 93.1 Å². The molecule has 2 amide bonds. The van der Waals surface area contributed by atoms with Gasteiger partial charge in [-0.3, -0.25) is 19.6 Å². The third-order valence-electron chi connectivity index (χ3n) is 11.7. The van der Waals surface area contributed by atoms with Crippen molar-refractivity contribution in [3.8, 4) is 22.5 Å². The highest BCUT2D eigenvalue weighted by molar-refractivity contribution is 6.35. The molecule has 13 nitrogen and oxygen atoms in total. The van der Waals surface area contributed by atoms with Crippen LogP contribution >= 0.6 is 11.6 Å². The Labute approximate surface area is 422 Å². The van der Waals surface area contributed by atoms with Crippen LogP contribution in [0.5, 0.6) is 0 Å². The van der Waals surface area contributed by atoms with E-state index in [0.29, 0.717) is 48.9 Å². The molecule has 0 bridgehead atoms. The van der Waals surface area contributed by atoms with Crippen LogP contribution in [0.4, 0.5) is 22.7 Å². The number of aromatic nitrogens is 4. The second-order valence-electron chi connectivity index (χ2n) is 16.4. The van der Waals surface area contributed by atoms with Gasteiger partial charge in [0.15, 0.2) is 0 Å². The summed E-state index contributed by atoms with van der Waals surface area (Å²) in [6.07, 6.45) is 8.99. The third-order valence-corrected chi connectivity index (χ3v) is 12.0. The number of hydrogen-bond donors (Lipinski definition) is 3. The molecule has 14 heteroatoms. The van der Waals surface area contributed by atoms with E-state index >= 15 is 0 Å². The smallest absolute Gasteiger partial charge is 0.253 e. The Morgan fingerprint density at radius 2 is 1.10 bits per heavy atom. The normalized spacial score (nSPS) is 10.7. The Morgan fingerprint density at radius 3 is 1.62 bits per heavy atom. The summed E-state index contributed by atoms with van der Waals surface area (Å²) >= 11 is 6.33. The van der Waals surface area contributed by atoms with Gasteiger partial charge < -0.3 is 35.6 Å². The van der Waals surface area contributed by atoms with E-state index in [1.54, 1.807) is 37.7 Å². The van der Waals surface area contributed by atoms with Gasteiger partial charge in [0.05, 0.1) is 39.7 Å². The van der Waals surface area contributed by atoms with Crippen LogP contribution in [0.25, 0.3) is 44.3 Å². The number of fused-ring (bicyclic) bond motifs is 2. The zero-order valence-corrected chi connectivity index (χ0v) is 42.2. The molecule has 368 valence electrons. The van der Waals surface area contributed by atoms with Crippen LogP contribution in [-0.2, 0) is 15.9 Å². The first-order valence-electron chi connectivity index (χ1n) is 24.0. The van der Waals surface area contributed by atoms with Crippen LogP contribution in [0.3, 0.4) is 0 Å². The van der Waals surface area contributed by atoms with Crippen LogP contribution < -0.4 is 16.4 Å². The molecular formula is C57H64ClN9O4. The highest BCUT2D eigenvalue weighted by atomic mass is 35.5. The minimum absolute atomic E-state index is 0.0436. The standard InChI is InChI=1S/C29H32N4O2.C19H18ClN3O.C9H14N2O/c1-4-33(5-2)29(34)23-12-10-22(11-13-23)27-19-28(25-20-30-17-16-26(25)32-27)31-24-14-8-21(9-15-24)7-6-18-35-3;1-3-23(4-2)19(24)14-7-5-13(6-8-14)18-11-16(20)15-12-21-10-9-17(15)22-18;1-12-7-6-11-9-4-2-8(10)3-5-9/h8-17,19-20H,4-7,18H2,1-3H3,(H,31,32);5-12H,3-4H2,1-2H3;2-5,11H,6-7,10H2,1H3. The number of ether oxygens (including phenoxy) is 2. The van der Waals surface area contributed by atoms with E-state index < -0.39 is 0 Å². The van der Waals surface area contributed by atoms with Crippen molar-refractivity contribution in [1.29, 1.82) is 0 Å². The predicted octanol–water partition coefficient (Wildman–Crippen LogP) is 11.9. The lowest BCUT2D eigenvalue weighted by molar-refractivity contribution is 0.0765. The summed E-state index contributed by atoms with van der Waals surface area (Å²) in [5.74, 6) is 0.0919. The van der Waals surface area contributed by atoms with E-state index in [4.69, 9.17) is 31.8 Å². The quantitative estimate of drug-likeness (QED) is 0.0554. The molecular weight excluding hydrogens is 910 g/mol. The number of benzene rings is 4. The number of rotatable bonds is 18. The molecule has 0 spiro atoms. The Morgan fingerprint density at radius 1 is 0.606 bits per heavy atom. The number of nitrogens with zero attached hydrogens (tertiary/aromatic N) is 6. The predicted molar refractivity (Wildman–Crippen MR) is 291 cm³/mol. The van der Waals surface area contributed by atoms with Gasteiger partial charge in [0, 0.05) is 128 Å². The lowest BCUT2D eigenvalue weighted by atomic mass is 10.1. The third kappa shape index (κ3) is 14.8. The molecule has 4 N–H and O–H groups in total. The first-order chi connectivity index (χ1) is 34.6. The SMILES string of the molecule is CCN(CC)C(=O)c1ccc(-c2cc(Cl)c3cnccc3n2)cc1.CCN(CC)C(=O)c1ccc(-c2cc(Nc3ccc(CCCOC)cc3)c3cnccc3n2)cc1.COCCNc1ccc(N)cc1. The molecule has 4 aromatic carbocycles. The van der Waals surface area contributed by atoms with E-state index in [1.165, 1.54) is 5.56 Å². The Bertz CT molecular complexity index is 2930. The average molecular weight is 975 g/mol. The molecule has 4 aromatic heterocycles. The van der Waals surface area contributed by atoms with Crippen LogP contribution in [0.15, 0.2) is 146 Å². The molecule has 0 aliphatic carbocycles. The summed E-state index contributed by atoms with van der Waals surface area (Å²) in [5, 5.41) is 9.14. The zero-order chi connectivity index (χ0) is 50.5. The highest BCUT2D eigenvalue weighted by Crippen LogP contribution is 2.31. The number of halogens is 1. The summed E-state index contributed by atoms with van der Waals surface area (Å²) < 4.78 is 10.1. The molecule has 0 fully saturated rings. The fourth-order valence-corrected chi connectivity index (χ4v) is 7.93. The summed E-state index contributed by atoms with van der Waals surface area (Å²) in [6.45, 7) is 13.0. The van der Waals surface area contributed by atoms with Crippen molar-refractivity contribution in [3.05, 3.63) is 168 Å². The van der Waals surface area contributed by atoms with Crippen LogP contribution in [0, 0.1) is 0 Å². The first-order valence-corrected chi connectivity index (χ1v) is 24.3. The molecule has 0 atom stereocenters. The van der Waals surface area contributed by atoms with Crippen molar-refractivity contribution in [3.63, 3.8) is 0 Å². The summed E-state index contributed by atoms with van der Waals surface area (Å²) in [4.78, 5) is 46.5. The van der Waals surface area contributed by atoms with Crippen molar-refractivity contribution in [2.45, 2.75) is 40.5 Å². The van der Waals surface area contributed by atoms with Gasteiger partial charge in [-0.2, -0.15) is 0 Å². The number of amides is 2. The molecule has 8 rings (SSSR count). The Hall–Kier alpha value is -7.45. The number of nitrogens with one attached hydrogen (secondary N) is 2. The molecule has 0 aliphatic heterocycles. The zero-order valence-electron chi connectivity index (χ0n) is 41.5. The topological polar surface area (TPSA) is 161 Å². The van der Waals surface area contributed by atoms with Crippen molar-refractivity contribution < 1.29 is 19.1 Å². The van der Waals surface area contributed by atoms with Gasteiger partial charge in [-0.25, -0.2) is 9.97 Å². The number of anilines is 4. The first kappa shape index (κ1) is 52.9. The number of pyridine rings is 4. The fraction of sp³-hybridized carbons (Fsp3) is 0.263. The largest absolute Gasteiger partial charge is 0.399 e. The lowest BCUT2D eigenvalue weighted by Gasteiger charge is -2.18. The fourth-order valence-electron chi connectivity index (χ4n) is 7.68. The number of hydrogen-bond acceptors (Lipinski definition) is 11. The maximum atomic E-state index is 12.7. The molecule has 4 heterocycles. The second kappa shape index (κ2) is 27.1. The summed E-state index contributed by atoms with van der Waals surface area (Å²) in [5.41, 5.74) is 17.1. The number of methoxy groups -OCH3 is 2. The van der Waals surface area contributed by atoms with E-state index in [1.807, 2.05) is 136 Å². The summed E-state index contributed by atoms with van der Waals surface area (Å²) in [6, 6.07) is 38.9. The van der Waals surface area contributed by atoms with E-state index in [9.17, 15) is 9.59 Å². The van der Waals surface area contributed by atoms with Gasteiger partial charge in [0.1, 0.15) is 0 Å². The molecule has 8 aromatic rings. The van der Waals surface area contributed by atoms with Gasteiger partial charge >= 0.3 is 0 Å². The molecule has 0 unspecified atom stereocenters. The van der Waals surface area contributed by atoms with Gasteiger partial charge in [0.2, 0.25) is 0 Å². The maximum absolute atomic E-state index is 12.7. The van der Waals surface area contributed by atoms with Gasteiger partial charge in [-0.15, -0.1) is 0 Å². The van der Waals surface area contributed by atoms with E-state index in [-0.39, 0.29) is 11.8 Å². The van der Waals surface area contributed by atoms with Gasteiger partial charge in [-0.1, -0.05) is 48.0 Å². The molecule has 0 saturated heterocycles. The minimum atomic E-state index is 0.0436. The average Bonchev–Trinajstić information content (AvgIpc) is 3.41. The van der Waals surface area contributed by atoms with Crippen molar-refractivity contribution in [2.24, 2.45) is 0 Å². The van der Waals surface area contributed by atoms with Crippen molar-refractivity contribution >= 4 is 68.0 Å². The minimum Gasteiger partial charge on any atom is -0.399 e. The number of aryl methyl sites for hydroxylation is 1. The van der Waals surface area contributed by atoms with E-state index in [2.05, 4.69) is 49.9 Å². The van der Waals surface area contributed by atoms with Crippen molar-refractivity contribution in [1.82, 2.24) is 29.7 Å². The second-order valence-corrected chi connectivity index (χ2v) is 16.8. The lowest BCUT2D eigenvalue weighted by Crippen LogP contribution is -2.30. The van der Waals surface area contributed by atoms with Crippen LogP contribution in [-0.4, -0.2) is 102 Å². The van der Waals surface area contributed by atoms with Crippen LogP contribution in [0.2, 0.25) is 5.02 Å². The summed E-state index contributed by atoms with van der Waals surface area (Å²) in [7, 11) is 3.42. The van der Waals surface area contributed by atoms with Gasteiger partial charge in [0.25, 0.3) is 11.8 Å².